The Balaban J connectivity index is 0.000000252. The van der Waals surface area contributed by atoms with Crippen LogP contribution in [0.4, 0.5) is 0 Å². The molecule has 0 aliphatic heterocycles. The molecule has 13 heavy (non-hydrogen) atoms. The Morgan fingerprint density at radius 3 is 2.31 bits per heavy atom. The highest BCUT2D eigenvalue weighted by Crippen LogP contribution is 2.19. The van der Waals surface area contributed by atoms with E-state index in [9.17, 15) is 9.46 Å². The third kappa shape index (κ3) is 9.27. The van der Waals surface area contributed by atoms with E-state index in [4.69, 9.17) is 4.89 Å². The first-order valence-electron chi connectivity index (χ1n) is 3.85. The lowest BCUT2D eigenvalue weighted by atomic mass is 10.7. The molecule has 76 valence electrons. The van der Waals surface area contributed by atoms with Gasteiger partial charge in [0.15, 0.2) is 0 Å². The summed E-state index contributed by atoms with van der Waals surface area (Å²) in [5.74, 6) is 0. The standard InChI is InChI=1S/C6H11N2.CH5O3P/c1-3-8-5-4-7(2)6-8;1-5(2,3)4/h4-6H,3H2,1-2H3;1H3,(H2,2,3,4)/q+1;/p-1. The molecule has 0 saturated heterocycles. The summed E-state index contributed by atoms with van der Waals surface area (Å²) >= 11 is 0. The van der Waals surface area contributed by atoms with E-state index in [0.717, 1.165) is 13.2 Å². The SMILES string of the molecule is CCn1cc[n+](C)c1.CP(=O)([O-])O. The predicted octanol–water partition coefficient (Wildman–Crippen LogP) is -0.506. The summed E-state index contributed by atoms with van der Waals surface area (Å²) in [5, 5.41) is 0. The van der Waals surface area contributed by atoms with E-state index in [0.29, 0.717) is 0 Å². The second-order valence-electron chi connectivity index (χ2n) is 2.71. The second kappa shape index (κ2) is 5.17. The fraction of sp³-hybridized carbons (Fsp3) is 0.571. The molecule has 5 nitrogen and oxygen atoms in total. The highest BCUT2D eigenvalue weighted by atomic mass is 31.2. The van der Waals surface area contributed by atoms with Crippen LogP contribution in [0.5, 0.6) is 0 Å². The van der Waals surface area contributed by atoms with Crippen molar-refractivity contribution in [3.05, 3.63) is 18.7 Å². The average Bonchev–Trinajstić information content (AvgIpc) is 2.31. The highest BCUT2D eigenvalue weighted by Gasteiger charge is 1.92. The lowest BCUT2D eigenvalue weighted by molar-refractivity contribution is -0.671. The van der Waals surface area contributed by atoms with Crippen molar-refractivity contribution in [1.29, 1.82) is 0 Å². The van der Waals surface area contributed by atoms with Gasteiger partial charge in [-0.15, -0.1) is 0 Å². The molecule has 1 atom stereocenters. The van der Waals surface area contributed by atoms with Crippen LogP contribution in [0.2, 0.25) is 0 Å². The van der Waals surface area contributed by atoms with E-state index < -0.39 is 7.60 Å². The zero-order valence-corrected chi connectivity index (χ0v) is 8.94. The molecule has 0 fully saturated rings. The molecule has 6 heteroatoms. The molecule has 1 N–H and O–H groups in total. The van der Waals surface area contributed by atoms with Crippen LogP contribution in [0.3, 0.4) is 0 Å². The molecule has 0 bridgehead atoms. The Morgan fingerprint density at radius 2 is 2.15 bits per heavy atom. The Kier molecular flexibility index (Phi) is 4.91. The van der Waals surface area contributed by atoms with E-state index in [2.05, 4.69) is 24.0 Å². The number of hydrogen-bond donors (Lipinski definition) is 1. The molecular formula is C7H15N2O3P. The maximum atomic E-state index is 9.22. The second-order valence-corrected chi connectivity index (χ2v) is 4.32. The molecule has 1 unspecified atom stereocenters. The Bertz CT molecular complexity index is 283. The molecule has 0 spiro atoms. The van der Waals surface area contributed by atoms with E-state index in [1.54, 1.807) is 0 Å². The van der Waals surface area contributed by atoms with Crippen LogP contribution in [0.15, 0.2) is 18.7 Å². The van der Waals surface area contributed by atoms with Crippen molar-refractivity contribution < 1.29 is 18.9 Å². The largest absolute Gasteiger partial charge is 0.779 e. The van der Waals surface area contributed by atoms with Gasteiger partial charge in [0.1, 0.15) is 20.0 Å². The molecule has 0 saturated carbocycles. The summed E-state index contributed by atoms with van der Waals surface area (Å²) in [4.78, 5) is 16.7. The Morgan fingerprint density at radius 1 is 1.69 bits per heavy atom. The maximum Gasteiger partial charge on any atom is 0.243 e. The number of hydrogen-bond acceptors (Lipinski definition) is 2. The summed E-state index contributed by atoms with van der Waals surface area (Å²) in [5.41, 5.74) is 0. The number of aromatic nitrogens is 2. The molecular weight excluding hydrogens is 191 g/mol. The quantitative estimate of drug-likeness (QED) is 0.497. The highest BCUT2D eigenvalue weighted by molar-refractivity contribution is 7.49. The smallest absolute Gasteiger partial charge is 0.243 e. The minimum atomic E-state index is -3.89. The number of nitrogens with zero attached hydrogens (tertiary/aromatic N) is 2. The van der Waals surface area contributed by atoms with Crippen LogP contribution >= 0.6 is 7.60 Å². The molecule has 1 aromatic heterocycles. The molecule has 1 heterocycles. The third-order valence-electron chi connectivity index (χ3n) is 1.19. The van der Waals surface area contributed by atoms with Crippen LogP contribution in [0, 0.1) is 0 Å². The minimum Gasteiger partial charge on any atom is -0.779 e. The third-order valence-corrected chi connectivity index (χ3v) is 1.19. The summed E-state index contributed by atoms with van der Waals surface area (Å²) in [7, 11) is -1.87. The van der Waals surface area contributed by atoms with Gasteiger partial charge in [0.25, 0.3) is 0 Å². The topological polar surface area (TPSA) is 69.2 Å². The Labute approximate surface area is 77.8 Å². The lowest BCUT2D eigenvalue weighted by Gasteiger charge is -2.04. The van der Waals surface area contributed by atoms with Crippen LogP contribution in [0.1, 0.15) is 6.92 Å². The maximum absolute atomic E-state index is 9.22. The number of imidazole rings is 1. The van der Waals surface area contributed by atoms with Crippen LogP contribution in [-0.4, -0.2) is 16.1 Å². The van der Waals surface area contributed by atoms with Crippen molar-refractivity contribution in [2.45, 2.75) is 13.5 Å². The lowest BCUT2D eigenvalue weighted by Crippen LogP contribution is -2.23. The van der Waals surface area contributed by atoms with E-state index in [1.807, 2.05) is 17.8 Å². The van der Waals surface area contributed by atoms with Crippen molar-refractivity contribution in [3.63, 3.8) is 0 Å². The van der Waals surface area contributed by atoms with Gasteiger partial charge in [-0.3, -0.25) is 0 Å². The first-order chi connectivity index (χ1) is 5.83. The summed E-state index contributed by atoms with van der Waals surface area (Å²) in [6.45, 7) is 3.92. The fourth-order valence-electron chi connectivity index (χ4n) is 0.689. The summed E-state index contributed by atoms with van der Waals surface area (Å²) in [6, 6.07) is 0. The average molecular weight is 206 g/mol. The minimum absolute atomic E-state index is 0.743. The van der Waals surface area contributed by atoms with Gasteiger partial charge >= 0.3 is 0 Å². The monoisotopic (exact) mass is 206 g/mol. The van der Waals surface area contributed by atoms with Crippen molar-refractivity contribution in [2.24, 2.45) is 7.05 Å². The van der Waals surface area contributed by atoms with Crippen LogP contribution in [-0.2, 0) is 18.2 Å². The molecule has 1 rings (SSSR count). The first kappa shape index (κ1) is 12.4. The van der Waals surface area contributed by atoms with Crippen molar-refractivity contribution in [2.75, 3.05) is 6.66 Å². The van der Waals surface area contributed by atoms with E-state index in [1.165, 1.54) is 0 Å². The van der Waals surface area contributed by atoms with Gasteiger partial charge in [0, 0.05) is 6.66 Å². The first-order valence-corrected chi connectivity index (χ1v) is 5.87. The van der Waals surface area contributed by atoms with E-state index in [-0.39, 0.29) is 0 Å². The molecule has 0 aromatic carbocycles. The summed E-state index contributed by atoms with van der Waals surface area (Å²) in [6.07, 6.45) is 6.14. The van der Waals surface area contributed by atoms with Crippen molar-refractivity contribution in [1.82, 2.24) is 4.57 Å². The van der Waals surface area contributed by atoms with Gasteiger partial charge in [-0.25, -0.2) is 9.13 Å². The van der Waals surface area contributed by atoms with Gasteiger partial charge in [-0.05, 0) is 6.92 Å². The van der Waals surface area contributed by atoms with Crippen molar-refractivity contribution >= 4 is 7.60 Å². The van der Waals surface area contributed by atoms with Gasteiger partial charge in [0.05, 0.1) is 13.6 Å². The van der Waals surface area contributed by atoms with Gasteiger partial charge in [-0.2, -0.15) is 0 Å². The predicted molar refractivity (Wildman–Crippen MR) is 47.0 cm³/mol. The fourth-order valence-corrected chi connectivity index (χ4v) is 0.689. The van der Waals surface area contributed by atoms with Crippen molar-refractivity contribution in [3.8, 4) is 0 Å². The molecule has 0 amide bonds. The zero-order valence-electron chi connectivity index (χ0n) is 8.04. The normalized spacial score (nSPS) is 14.2. The molecule has 1 aromatic rings. The summed E-state index contributed by atoms with van der Waals surface area (Å²) < 4.78 is 13.4. The van der Waals surface area contributed by atoms with Crippen LogP contribution in [0.25, 0.3) is 0 Å². The molecule has 0 radical (unpaired) electrons. The molecule has 0 aliphatic rings. The number of rotatable bonds is 1. The van der Waals surface area contributed by atoms with Gasteiger partial charge < -0.3 is 14.4 Å². The Hall–Kier alpha value is -0.640. The van der Waals surface area contributed by atoms with Gasteiger partial charge in [0.2, 0.25) is 6.33 Å². The zero-order chi connectivity index (χ0) is 10.5. The van der Waals surface area contributed by atoms with E-state index >= 15 is 0 Å². The number of aryl methyl sites for hydroxylation is 2. The molecule has 0 aliphatic carbocycles. The van der Waals surface area contributed by atoms with Crippen LogP contribution < -0.4 is 9.46 Å². The van der Waals surface area contributed by atoms with Gasteiger partial charge in [-0.1, -0.05) is 0 Å².